The number of fused-ring (bicyclic) bond motifs is 1. The zero-order valence-corrected chi connectivity index (χ0v) is 19.3. The van der Waals surface area contributed by atoms with Crippen LogP contribution < -0.4 is 5.43 Å². The van der Waals surface area contributed by atoms with Gasteiger partial charge in [-0.2, -0.15) is 0 Å². The molecule has 0 aliphatic rings. The summed E-state index contributed by atoms with van der Waals surface area (Å²) in [7, 11) is 3.26. The summed E-state index contributed by atoms with van der Waals surface area (Å²) in [5, 5.41) is 0.482. The van der Waals surface area contributed by atoms with Crippen molar-refractivity contribution in [3.63, 3.8) is 0 Å². The van der Waals surface area contributed by atoms with Crippen LogP contribution in [-0.4, -0.2) is 53.8 Å². The van der Waals surface area contributed by atoms with E-state index in [9.17, 15) is 14.4 Å². The molecule has 3 amide bonds. The quantitative estimate of drug-likeness (QED) is 0.493. The van der Waals surface area contributed by atoms with E-state index in [1.165, 1.54) is 16.1 Å². The van der Waals surface area contributed by atoms with Crippen LogP contribution >= 0.6 is 0 Å². The Labute approximate surface area is 193 Å². The molecular weight excluding hydrogens is 418 g/mol. The van der Waals surface area contributed by atoms with Gasteiger partial charge in [-0.3, -0.25) is 9.59 Å². The van der Waals surface area contributed by atoms with Gasteiger partial charge in [-0.1, -0.05) is 48.0 Å². The number of carbonyl (C=O) groups excluding carboxylic acids is 2. The van der Waals surface area contributed by atoms with Crippen molar-refractivity contribution < 1.29 is 14.0 Å². The normalized spacial score (nSPS) is 10.6. The van der Waals surface area contributed by atoms with Crippen LogP contribution in [0.2, 0.25) is 0 Å². The van der Waals surface area contributed by atoms with Gasteiger partial charge in [0.05, 0.1) is 23.8 Å². The maximum absolute atomic E-state index is 13.3. The van der Waals surface area contributed by atoms with E-state index in [-0.39, 0.29) is 37.0 Å². The molecule has 3 rings (SSSR count). The summed E-state index contributed by atoms with van der Waals surface area (Å²) in [5.74, 6) is -0.278. The van der Waals surface area contributed by atoms with E-state index in [0.29, 0.717) is 23.1 Å². The second kappa shape index (κ2) is 10.6. The molecule has 0 atom stereocenters. The molecule has 3 aromatic rings. The molecular formula is C26H29N3O4. The van der Waals surface area contributed by atoms with Gasteiger partial charge in [0.25, 0.3) is 0 Å². The Balaban J connectivity index is 1.93. The summed E-state index contributed by atoms with van der Waals surface area (Å²) in [6.07, 6.45) is 2.99. The fraction of sp³-hybridized carbons (Fsp3) is 0.269. The zero-order valence-electron chi connectivity index (χ0n) is 19.3. The number of hydrogen-bond donors (Lipinski definition) is 0. The van der Waals surface area contributed by atoms with Gasteiger partial charge in [-0.25, -0.2) is 4.79 Å². The van der Waals surface area contributed by atoms with Crippen molar-refractivity contribution in [3.8, 4) is 0 Å². The van der Waals surface area contributed by atoms with E-state index >= 15 is 0 Å². The predicted molar refractivity (Wildman–Crippen MR) is 129 cm³/mol. The number of amides is 3. The van der Waals surface area contributed by atoms with Gasteiger partial charge in [-0.05, 0) is 24.6 Å². The van der Waals surface area contributed by atoms with Gasteiger partial charge in [-0.15, -0.1) is 6.58 Å². The molecule has 0 unspecified atom stereocenters. The Hall–Kier alpha value is -3.87. The predicted octanol–water partition coefficient (Wildman–Crippen LogP) is 3.80. The third-order valence-corrected chi connectivity index (χ3v) is 5.26. The highest BCUT2D eigenvalue weighted by atomic mass is 16.3. The summed E-state index contributed by atoms with van der Waals surface area (Å²) in [4.78, 5) is 43.4. The van der Waals surface area contributed by atoms with Gasteiger partial charge in [0.2, 0.25) is 5.91 Å². The first-order chi connectivity index (χ1) is 15.8. The number of benzene rings is 2. The van der Waals surface area contributed by atoms with E-state index < -0.39 is 0 Å². The fourth-order valence-corrected chi connectivity index (χ4v) is 3.55. The first kappa shape index (κ1) is 23.8. The first-order valence-corrected chi connectivity index (χ1v) is 10.7. The van der Waals surface area contributed by atoms with E-state index in [1.54, 1.807) is 37.2 Å². The third-order valence-electron chi connectivity index (χ3n) is 5.26. The molecule has 0 saturated heterocycles. The molecule has 33 heavy (non-hydrogen) atoms. The maximum Gasteiger partial charge on any atom is 0.320 e. The zero-order chi connectivity index (χ0) is 24.0. The number of nitrogens with zero attached hydrogens (tertiary/aromatic N) is 3. The van der Waals surface area contributed by atoms with Gasteiger partial charge in [0.1, 0.15) is 12.1 Å². The van der Waals surface area contributed by atoms with Crippen LogP contribution in [0.25, 0.3) is 11.0 Å². The minimum Gasteiger partial charge on any atom is -0.464 e. The molecule has 0 N–H and O–H groups in total. The Morgan fingerprint density at radius 1 is 1.03 bits per heavy atom. The number of rotatable bonds is 8. The second-order valence-electron chi connectivity index (χ2n) is 8.17. The number of hydrogen-bond acceptors (Lipinski definition) is 4. The van der Waals surface area contributed by atoms with Crippen LogP contribution in [0.3, 0.4) is 0 Å². The van der Waals surface area contributed by atoms with Crippen molar-refractivity contribution in [2.24, 2.45) is 0 Å². The lowest BCUT2D eigenvalue weighted by molar-refractivity contribution is -0.133. The van der Waals surface area contributed by atoms with Crippen LogP contribution in [0.15, 0.2) is 76.7 Å². The fourth-order valence-electron chi connectivity index (χ4n) is 3.55. The molecule has 7 heteroatoms. The third kappa shape index (κ3) is 5.88. The van der Waals surface area contributed by atoms with Gasteiger partial charge >= 0.3 is 6.03 Å². The average molecular weight is 448 g/mol. The molecule has 0 radical (unpaired) electrons. The minimum absolute atomic E-state index is 0.0675. The van der Waals surface area contributed by atoms with Gasteiger partial charge < -0.3 is 19.1 Å². The molecule has 0 bridgehead atoms. The molecule has 172 valence electrons. The SMILES string of the molecule is C=CCN(CC(=O)N(Cc1ccccc1)Cc1coc2ccc(C)cc2c1=O)C(=O)N(C)C. The Morgan fingerprint density at radius 3 is 2.42 bits per heavy atom. The maximum atomic E-state index is 13.3. The van der Waals surface area contributed by atoms with Crippen molar-refractivity contribution in [1.29, 1.82) is 0 Å². The number of aryl methyl sites for hydroxylation is 1. The van der Waals surface area contributed by atoms with Crippen LogP contribution in [0, 0.1) is 6.92 Å². The van der Waals surface area contributed by atoms with Crippen LogP contribution in [-0.2, 0) is 17.9 Å². The van der Waals surface area contributed by atoms with E-state index in [2.05, 4.69) is 6.58 Å². The van der Waals surface area contributed by atoms with Crippen LogP contribution in [0.4, 0.5) is 4.79 Å². The standard InChI is InChI=1S/C26H29N3O4/c1-5-13-28(26(32)27(3)4)17-24(30)29(15-20-9-7-6-8-10-20)16-21-18-33-23-12-11-19(2)14-22(23)25(21)31/h5-12,14,18H,1,13,15-17H2,2-4H3. The smallest absolute Gasteiger partial charge is 0.320 e. The average Bonchev–Trinajstić information content (AvgIpc) is 2.80. The van der Waals surface area contributed by atoms with E-state index in [0.717, 1.165) is 11.1 Å². The largest absolute Gasteiger partial charge is 0.464 e. The molecule has 2 aromatic carbocycles. The summed E-state index contributed by atoms with van der Waals surface area (Å²) in [5.41, 5.74) is 2.58. The molecule has 0 spiro atoms. The molecule has 0 aliphatic heterocycles. The Bertz CT molecular complexity index is 1200. The lowest BCUT2D eigenvalue weighted by atomic mass is 10.1. The summed E-state index contributed by atoms with van der Waals surface area (Å²) in [6, 6.07) is 14.7. The van der Waals surface area contributed by atoms with Crippen molar-refractivity contribution >= 4 is 22.9 Å². The van der Waals surface area contributed by atoms with Gasteiger partial charge in [0, 0.05) is 27.2 Å². The summed E-state index contributed by atoms with van der Waals surface area (Å²) >= 11 is 0. The van der Waals surface area contributed by atoms with Crippen LogP contribution in [0.5, 0.6) is 0 Å². The second-order valence-corrected chi connectivity index (χ2v) is 8.17. The lowest BCUT2D eigenvalue weighted by Crippen LogP contribution is -2.46. The number of urea groups is 1. The first-order valence-electron chi connectivity index (χ1n) is 10.7. The van der Waals surface area contributed by atoms with Gasteiger partial charge in [0.15, 0.2) is 5.43 Å². The van der Waals surface area contributed by atoms with E-state index in [1.807, 2.05) is 43.3 Å². The lowest BCUT2D eigenvalue weighted by Gasteiger charge is -2.28. The number of carbonyl (C=O) groups is 2. The van der Waals surface area contributed by atoms with E-state index in [4.69, 9.17) is 4.42 Å². The topological polar surface area (TPSA) is 74.1 Å². The Morgan fingerprint density at radius 2 is 1.76 bits per heavy atom. The van der Waals surface area contributed by atoms with Crippen LogP contribution in [0.1, 0.15) is 16.7 Å². The Kier molecular flexibility index (Phi) is 7.66. The monoisotopic (exact) mass is 447 g/mol. The summed E-state index contributed by atoms with van der Waals surface area (Å²) < 4.78 is 5.68. The van der Waals surface area contributed by atoms with Crippen molar-refractivity contribution in [1.82, 2.24) is 14.7 Å². The molecule has 0 aliphatic carbocycles. The highest BCUT2D eigenvalue weighted by Gasteiger charge is 2.23. The molecule has 7 nitrogen and oxygen atoms in total. The molecule has 1 aromatic heterocycles. The minimum atomic E-state index is -0.288. The van der Waals surface area contributed by atoms with Crippen molar-refractivity contribution in [2.45, 2.75) is 20.0 Å². The summed E-state index contributed by atoms with van der Waals surface area (Å²) in [6.45, 7) is 6.06. The molecule has 0 fully saturated rings. The molecule has 1 heterocycles. The highest BCUT2D eigenvalue weighted by Crippen LogP contribution is 2.16. The molecule has 0 saturated carbocycles. The van der Waals surface area contributed by atoms with Crippen molar-refractivity contribution in [3.05, 3.63) is 94.4 Å². The van der Waals surface area contributed by atoms with Crippen molar-refractivity contribution in [2.75, 3.05) is 27.2 Å². The highest BCUT2D eigenvalue weighted by molar-refractivity contribution is 5.84.